The smallest absolute Gasteiger partial charge is 0.303 e. The van der Waals surface area contributed by atoms with Crippen molar-refractivity contribution in [2.75, 3.05) is 13.1 Å². The highest BCUT2D eigenvalue weighted by Gasteiger charge is 2.69. The number of nitrogens with two attached hydrogens (primary N) is 1. The Balaban J connectivity index is 2.19. The van der Waals surface area contributed by atoms with E-state index < -0.39 is 58.9 Å². The lowest BCUT2D eigenvalue weighted by atomic mass is 9.74. The molecule has 0 radical (unpaired) electrons. The predicted octanol–water partition coefficient (Wildman–Crippen LogP) is 3.16. The lowest BCUT2D eigenvalue weighted by molar-refractivity contribution is -0.536. The summed E-state index contributed by atoms with van der Waals surface area (Å²) < 4.78 is 6.46. The van der Waals surface area contributed by atoms with E-state index in [2.05, 4.69) is 5.32 Å². The zero-order valence-corrected chi connectivity index (χ0v) is 23.8. The van der Waals surface area contributed by atoms with Crippen LogP contribution < -0.4 is 11.1 Å². The van der Waals surface area contributed by atoms with Crippen molar-refractivity contribution in [1.29, 1.82) is 0 Å². The largest absolute Gasteiger partial charge is 0.481 e. The van der Waals surface area contributed by atoms with E-state index in [4.69, 9.17) is 15.6 Å². The Hall–Kier alpha value is -3.83. The number of carboxylic acid groups (broad SMARTS) is 1. The first kappa shape index (κ1) is 31.7. The Morgan fingerprint density at radius 2 is 1.76 bits per heavy atom. The predicted molar refractivity (Wildman–Crippen MR) is 152 cm³/mol. The summed E-state index contributed by atoms with van der Waals surface area (Å²) in [7, 11) is 0. The summed E-state index contributed by atoms with van der Waals surface area (Å²) in [5.74, 6) is -3.50. The van der Waals surface area contributed by atoms with E-state index in [-0.39, 0.29) is 31.9 Å². The third kappa shape index (κ3) is 6.91. The van der Waals surface area contributed by atoms with E-state index in [1.807, 2.05) is 44.2 Å². The molecule has 2 amide bonds. The van der Waals surface area contributed by atoms with Crippen LogP contribution in [0.5, 0.6) is 0 Å². The molecule has 0 spiro atoms. The van der Waals surface area contributed by atoms with Crippen LogP contribution in [0.25, 0.3) is 0 Å². The molecule has 41 heavy (non-hydrogen) atoms. The topological polar surface area (TPSA) is 165 Å². The first-order valence-electron chi connectivity index (χ1n) is 13.9. The standard InChI is InChI=1S/C30H40N4O7/c1-4-20(2)28(41-19-21-12-7-5-8-13-21)25-27(34(39)40)26(22-14-9-6-10-15-22)33(23(35)18-31)30(25,3)29(38)32-17-11-16-24(36)37/h5-10,12-15,20,25-28H,4,11,16-19,31H2,1-3H3,(H,32,38)(H,36,37)/t20-,25+,26-,27-,28-,30-/m0/s1. The van der Waals surface area contributed by atoms with Crippen LogP contribution in [0.4, 0.5) is 0 Å². The van der Waals surface area contributed by atoms with Gasteiger partial charge in [-0.15, -0.1) is 0 Å². The molecule has 2 aromatic carbocycles. The maximum atomic E-state index is 14.1. The molecule has 4 N–H and O–H groups in total. The quantitative estimate of drug-likeness (QED) is 0.178. The average Bonchev–Trinajstić information content (AvgIpc) is 3.25. The minimum absolute atomic E-state index is 0.0239. The molecule has 3 rings (SSSR count). The van der Waals surface area contributed by atoms with Gasteiger partial charge in [0.2, 0.25) is 17.9 Å². The summed E-state index contributed by atoms with van der Waals surface area (Å²) >= 11 is 0. The number of amides is 2. The molecule has 0 unspecified atom stereocenters. The minimum atomic E-state index is -1.73. The number of carbonyl (C=O) groups excluding carboxylic acids is 2. The fourth-order valence-corrected chi connectivity index (χ4v) is 5.90. The van der Waals surface area contributed by atoms with Crippen LogP contribution in [0.15, 0.2) is 60.7 Å². The molecule has 1 heterocycles. The lowest BCUT2D eigenvalue weighted by Gasteiger charge is -2.42. The molecular formula is C30H40N4O7. The molecule has 1 aliphatic heterocycles. The number of aliphatic carboxylic acids is 1. The average molecular weight is 569 g/mol. The molecule has 1 saturated heterocycles. The lowest BCUT2D eigenvalue weighted by Crippen LogP contribution is -2.63. The van der Waals surface area contributed by atoms with Gasteiger partial charge in [0, 0.05) is 17.9 Å². The molecule has 6 atom stereocenters. The molecule has 0 aromatic heterocycles. The van der Waals surface area contributed by atoms with Gasteiger partial charge in [-0.05, 0) is 30.4 Å². The van der Waals surface area contributed by atoms with Crippen LogP contribution >= 0.6 is 0 Å². The maximum absolute atomic E-state index is 14.1. The van der Waals surface area contributed by atoms with Gasteiger partial charge in [-0.3, -0.25) is 24.5 Å². The Bertz CT molecular complexity index is 1200. The molecule has 222 valence electrons. The number of carbonyl (C=O) groups is 3. The van der Waals surface area contributed by atoms with Crippen molar-refractivity contribution in [2.24, 2.45) is 17.6 Å². The van der Waals surface area contributed by atoms with Gasteiger partial charge in [-0.1, -0.05) is 80.9 Å². The van der Waals surface area contributed by atoms with Crippen molar-refractivity contribution < 1.29 is 29.2 Å². The molecule has 1 aliphatic rings. The zero-order chi connectivity index (χ0) is 30.2. The van der Waals surface area contributed by atoms with Gasteiger partial charge in [0.05, 0.1) is 25.2 Å². The molecule has 0 bridgehead atoms. The summed E-state index contributed by atoms with van der Waals surface area (Å²) in [5.41, 5.74) is 5.48. The van der Waals surface area contributed by atoms with Gasteiger partial charge >= 0.3 is 5.97 Å². The number of hydrogen-bond acceptors (Lipinski definition) is 7. The fourth-order valence-electron chi connectivity index (χ4n) is 5.90. The minimum Gasteiger partial charge on any atom is -0.481 e. The number of likely N-dealkylation sites (tertiary alicyclic amines) is 1. The van der Waals surface area contributed by atoms with Gasteiger partial charge in [0.1, 0.15) is 11.6 Å². The number of benzene rings is 2. The third-order valence-corrected chi connectivity index (χ3v) is 8.10. The summed E-state index contributed by atoms with van der Waals surface area (Å²) in [4.78, 5) is 52.5. The third-order valence-electron chi connectivity index (χ3n) is 8.10. The highest BCUT2D eigenvalue weighted by Crippen LogP contribution is 2.51. The maximum Gasteiger partial charge on any atom is 0.303 e. The van der Waals surface area contributed by atoms with Crippen molar-refractivity contribution in [3.05, 3.63) is 81.9 Å². The number of ether oxygens (including phenoxy) is 1. The first-order chi connectivity index (χ1) is 19.6. The monoisotopic (exact) mass is 568 g/mol. The number of nitro groups is 1. The Morgan fingerprint density at radius 3 is 2.29 bits per heavy atom. The summed E-state index contributed by atoms with van der Waals surface area (Å²) in [5, 5.41) is 24.8. The van der Waals surface area contributed by atoms with E-state index >= 15 is 0 Å². The highest BCUT2D eigenvalue weighted by molar-refractivity contribution is 5.93. The van der Waals surface area contributed by atoms with Crippen LogP contribution in [-0.4, -0.2) is 63.5 Å². The van der Waals surface area contributed by atoms with Gasteiger partial charge in [-0.2, -0.15) is 0 Å². The van der Waals surface area contributed by atoms with Crippen LogP contribution in [0.1, 0.15) is 57.2 Å². The van der Waals surface area contributed by atoms with Crippen molar-refractivity contribution in [1.82, 2.24) is 10.2 Å². The SMILES string of the molecule is CC[C@H](C)[C@H](OCc1ccccc1)[C@H]1[C@H]([N+](=O)[O-])[C@H](c2ccccc2)N(C(=O)CN)[C@]1(C)C(=O)NCCCC(=O)O. The van der Waals surface area contributed by atoms with Crippen LogP contribution in [-0.2, 0) is 25.7 Å². The van der Waals surface area contributed by atoms with Gasteiger partial charge in [0.15, 0.2) is 0 Å². The molecule has 1 fully saturated rings. The highest BCUT2D eigenvalue weighted by atomic mass is 16.6. The van der Waals surface area contributed by atoms with E-state index in [1.165, 1.54) is 4.90 Å². The number of nitrogens with zero attached hydrogens (tertiary/aromatic N) is 2. The molecule has 0 aliphatic carbocycles. The van der Waals surface area contributed by atoms with E-state index in [1.54, 1.807) is 37.3 Å². The zero-order valence-electron chi connectivity index (χ0n) is 23.8. The second-order valence-corrected chi connectivity index (χ2v) is 10.7. The van der Waals surface area contributed by atoms with Crippen molar-refractivity contribution in [3.63, 3.8) is 0 Å². The Kier molecular flexibility index (Phi) is 11.0. The molecule has 11 heteroatoms. The van der Waals surface area contributed by atoms with Gasteiger partial charge < -0.3 is 25.8 Å². The second-order valence-electron chi connectivity index (χ2n) is 10.7. The van der Waals surface area contributed by atoms with E-state index in [0.29, 0.717) is 12.0 Å². The van der Waals surface area contributed by atoms with Gasteiger partial charge in [0.25, 0.3) is 0 Å². The molecule has 0 saturated carbocycles. The first-order valence-corrected chi connectivity index (χ1v) is 13.9. The Labute approximate surface area is 240 Å². The fraction of sp³-hybridized carbons (Fsp3) is 0.500. The number of rotatable bonds is 14. The van der Waals surface area contributed by atoms with Crippen molar-refractivity contribution in [3.8, 4) is 0 Å². The molecule has 11 nitrogen and oxygen atoms in total. The second kappa shape index (κ2) is 14.2. The normalized spacial score (nSPS) is 23.5. The van der Waals surface area contributed by atoms with E-state index in [9.17, 15) is 24.5 Å². The number of carboxylic acids is 1. The molecular weight excluding hydrogens is 528 g/mol. The number of hydrogen-bond donors (Lipinski definition) is 3. The van der Waals surface area contributed by atoms with Crippen LogP contribution in [0.3, 0.4) is 0 Å². The van der Waals surface area contributed by atoms with Crippen molar-refractivity contribution in [2.45, 2.75) is 70.4 Å². The van der Waals surface area contributed by atoms with Crippen LogP contribution in [0, 0.1) is 22.0 Å². The van der Waals surface area contributed by atoms with Crippen molar-refractivity contribution >= 4 is 17.8 Å². The summed E-state index contributed by atoms with van der Waals surface area (Å²) in [6.07, 6.45) is -0.178. The molecule has 2 aromatic rings. The Morgan fingerprint density at radius 1 is 1.15 bits per heavy atom. The van der Waals surface area contributed by atoms with Crippen LogP contribution in [0.2, 0.25) is 0 Å². The van der Waals surface area contributed by atoms with Gasteiger partial charge in [-0.25, -0.2) is 0 Å². The van der Waals surface area contributed by atoms with E-state index in [0.717, 1.165) is 5.56 Å². The summed E-state index contributed by atoms with van der Waals surface area (Å²) in [6.45, 7) is 5.13. The number of nitrogens with one attached hydrogen (secondary N) is 1. The summed E-state index contributed by atoms with van der Waals surface area (Å²) in [6, 6.07) is 15.5.